The SMILES string of the molecule is Cc1nc(-c2cccc(N=C(N)N=C(N)N)c2)sc1C. The zero-order chi connectivity index (χ0) is 14.7. The van der Waals surface area contributed by atoms with Crippen LogP contribution in [0.3, 0.4) is 0 Å². The Kier molecular flexibility index (Phi) is 3.99. The van der Waals surface area contributed by atoms with E-state index >= 15 is 0 Å². The lowest BCUT2D eigenvalue weighted by Gasteiger charge is -1.99. The van der Waals surface area contributed by atoms with Crippen molar-refractivity contribution in [3.05, 3.63) is 34.8 Å². The van der Waals surface area contributed by atoms with E-state index in [9.17, 15) is 0 Å². The van der Waals surface area contributed by atoms with Gasteiger partial charge in [-0.1, -0.05) is 12.1 Å². The molecule has 0 amide bonds. The van der Waals surface area contributed by atoms with Crippen molar-refractivity contribution in [2.75, 3.05) is 0 Å². The van der Waals surface area contributed by atoms with Crippen molar-refractivity contribution < 1.29 is 0 Å². The van der Waals surface area contributed by atoms with E-state index in [0.717, 1.165) is 16.3 Å². The van der Waals surface area contributed by atoms with Gasteiger partial charge in [0.05, 0.1) is 11.4 Å². The van der Waals surface area contributed by atoms with Gasteiger partial charge in [-0.3, -0.25) is 0 Å². The lowest BCUT2D eigenvalue weighted by Crippen LogP contribution is -2.26. The minimum atomic E-state index is -0.117. The monoisotopic (exact) mass is 288 g/mol. The molecule has 1 heterocycles. The van der Waals surface area contributed by atoms with Crippen molar-refractivity contribution in [2.24, 2.45) is 27.2 Å². The van der Waals surface area contributed by atoms with E-state index in [1.165, 1.54) is 4.88 Å². The minimum Gasteiger partial charge on any atom is -0.370 e. The third-order valence-corrected chi connectivity index (χ3v) is 3.73. The number of benzene rings is 1. The maximum absolute atomic E-state index is 5.61. The number of hydrogen-bond acceptors (Lipinski definition) is 3. The number of nitrogens with two attached hydrogens (primary N) is 3. The highest BCUT2D eigenvalue weighted by Crippen LogP contribution is 2.29. The number of guanidine groups is 2. The number of rotatable bonds is 2. The normalized spacial score (nSPS) is 11.4. The average molecular weight is 288 g/mol. The van der Waals surface area contributed by atoms with Gasteiger partial charge in [-0.15, -0.1) is 11.3 Å². The Bertz CT molecular complexity index is 662. The van der Waals surface area contributed by atoms with E-state index in [0.29, 0.717) is 5.69 Å². The first-order valence-electron chi connectivity index (χ1n) is 5.94. The van der Waals surface area contributed by atoms with Gasteiger partial charge in [0.1, 0.15) is 5.01 Å². The van der Waals surface area contributed by atoms with Crippen LogP contribution >= 0.6 is 11.3 Å². The summed E-state index contributed by atoms with van der Waals surface area (Å²) >= 11 is 1.65. The van der Waals surface area contributed by atoms with E-state index in [4.69, 9.17) is 17.2 Å². The average Bonchev–Trinajstić information content (AvgIpc) is 2.69. The third-order valence-electron chi connectivity index (χ3n) is 2.61. The van der Waals surface area contributed by atoms with Crippen LogP contribution in [0.2, 0.25) is 0 Å². The molecule has 0 radical (unpaired) electrons. The highest BCUT2D eigenvalue weighted by molar-refractivity contribution is 7.15. The molecule has 0 aliphatic carbocycles. The van der Waals surface area contributed by atoms with E-state index in [1.54, 1.807) is 11.3 Å². The summed E-state index contributed by atoms with van der Waals surface area (Å²) in [5.41, 5.74) is 18.8. The molecule has 20 heavy (non-hydrogen) atoms. The molecule has 6 nitrogen and oxygen atoms in total. The summed E-state index contributed by atoms with van der Waals surface area (Å²) in [4.78, 5) is 13.5. The fraction of sp³-hybridized carbons (Fsp3) is 0.154. The quantitative estimate of drug-likeness (QED) is 0.575. The lowest BCUT2D eigenvalue weighted by molar-refractivity contribution is 1.23. The Morgan fingerprint density at radius 1 is 1.20 bits per heavy atom. The molecule has 2 rings (SSSR count). The van der Waals surface area contributed by atoms with E-state index in [1.807, 2.05) is 31.2 Å². The number of nitrogens with zero attached hydrogens (tertiary/aromatic N) is 3. The van der Waals surface area contributed by atoms with Crippen molar-refractivity contribution in [3.8, 4) is 10.6 Å². The molecule has 104 valence electrons. The minimum absolute atomic E-state index is 0.0219. The topological polar surface area (TPSA) is 116 Å². The summed E-state index contributed by atoms with van der Waals surface area (Å²) in [5, 5.41) is 0.956. The van der Waals surface area contributed by atoms with Gasteiger partial charge in [0.15, 0.2) is 5.96 Å². The van der Waals surface area contributed by atoms with Crippen LogP contribution in [-0.4, -0.2) is 16.9 Å². The van der Waals surface area contributed by atoms with Gasteiger partial charge in [0.25, 0.3) is 0 Å². The molecule has 0 aliphatic rings. The number of aryl methyl sites for hydroxylation is 2. The van der Waals surface area contributed by atoms with Gasteiger partial charge < -0.3 is 17.2 Å². The van der Waals surface area contributed by atoms with Crippen LogP contribution in [0.25, 0.3) is 10.6 Å². The maximum Gasteiger partial charge on any atom is 0.223 e. The first-order valence-corrected chi connectivity index (χ1v) is 6.75. The number of aromatic nitrogens is 1. The van der Waals surface area contributed by atoms with Gasteiger partial charge in [-0.2, -0.15) is 4.99 Å². The molecule has 0 spiro atoms. The Labute approximate surface area is 121 Å². The second-order valence-corrected chi connectivity index (χ2v) is 5.42. The molecular formula is C13H16N6S. The first kappa shape index (κ1) is 14.0. The van der Waals surface area contributed by atoms with Crippen molar-refractivity contribution in [2.45, 2.75) is 13.8 Å². The standard InChI is InChI=1S/C13H16N6S/c1-7-8(2)20-11(17-7)9-4-3-5-10(6-9)18-13(16)19-12(14)15/h3-6H,1-2H3,(H6,14,15,16,18,19). The summed E-state index contributed by atoms with van der Waals surface area (Å²) in [6.07, 6.45) is 0. The van der Waals surface area contributed by atoms with Crippen molar-refractivity contribution in [3.63, 3.8) is 0 Å². The Morgan fingerprint density at radius 2 is 1.95 bits per heavy atom. The Hall–Kier alpha value is -2.41. The smallest absolute Gasteiger partial charge is 0.223 e. The molecule has 0 aliphatic heterocycles. The predicted molar refractivity (Wildman–Crippen MR) is 84.1 cm³/mol. The van der Waals surface area contributed by atoms with Gasteiger partial charge in [0.2, 0.25) is 5.96 Å². The summed E-state index contributed by atoms with van der Waals surface area (Å²) < 4.78 is 0. The highest BCUT2D eigenvalue weighted by Gasteiger charge is 2.06. The highest BCUT2D eigenvalue weighted by atomic mass is 32.1. The summed E-state index contributed by atoms with van der Waals surface area (Å²) in [6.45, 7) is 4.04. The van der Waals surface area contributed by atoms with Gasteiger partial charge in [-0.05, 0) is 26.0 Å². The van der Waals surface area contributed by atoms with Gasteiger partial charge >= 0.3 is 0 Å². The molecule has 0 bridgehead atoms. The second kappa shape index (κ2) is 5.70. The first-order chi connectivity index (χ1) is 9.45. The van der Waals surface area contributed by atoms with Gasteiger partial charge in [0, 0.05) is 10.4 Å². The van der Waals surface area contributed by atoms with Crippen LogP contribution in [0.15, 0.2) is 34.3 Å². The van der Waals surface area contributed by atoms with Crippen molar-refractivity contribution >= 4 is 28.9 Å². The van der Waals surface area contributed by atoms with Crippen LogP contribution in [0.4, 0.5) is 5.69 Å². The third kappa shape index (κ3) is 3.33. The largest absolute Gasteiger partial charge is 0.370 e. The van der Waals surface area contributed by atoms with Crippen molar-refractivity contribution in [1.82, 2.24) is 4.98 Å². The molecule has 0 atom stereocenters. The summed E-state index contributed by atoms with van der Waals surface area (Å²) in [5.74, 6) is -0.0952. The zero-order valence-corrected chi connectivity index (χ0v) is 12.1. The molecule has 2 aromatic rings. The molecule has 1 aromatic carbocycles. The molecular weight excluding hydrogens is 272 g/mol. The summed E-state index contributed by atoms with van der Waals surface area (Å²) in [7, 11) is 0. The molecule has 1 aromatic heterocycles. The second-order valence-electron chi connectivity index (χ2n) is 4.22. The summed E-state index contributed by atoms with van der Waals surface area (Å²) in [6, 6.07) is 7.59. The Morgan fingerprint density at radius 3 is 2.55 bits per heavy atom. The van der Waals surface area contributed by atoms with Crippen LogP contribution in [0, 0.1) is 13.8 Å². The molecule has 0 saturated heterocycles. The fourth-order valence-electron chi connectivity index (χ4n) is 1.59. The maximum atomic E-state index is 5.61. The number of aliphatic imine (C=N–C) groups is 2. The molecule has 0 saturated carbocycles. The Balaban J connectivity index is 2.35. The van der Waals surface area contributed by atoms with Crippen LogP contribution in [0.5, 0.6) is 0 Å². The van der Waals surface area contributed by atoms with E-state index in [-0.39, 0.29) is 11.9 Å². The van der Waals surface area contributed by atoms with Crippen molar-refractivity contribution in [1.29, 1.82) is 0 Å². The molecule has 0 unspecified atom stereocenters. The van der Waals surface area contributed by atoms with Crippen LogP contribution in [0.1, 0.15) is 10.6 Å². The molecule has 6 N–H and O–H groups in total. The van der Waals surface area contributed by atoms with E-state index < -0.39 is 0 Å². The predicted octanol–water partition coefficient (Wildman–Crippen LogP) is 1.65. The van der Waals surface area contributed by atoms with Crippen LogP contribution in [-0.2, 0) is 0 Å². The fourth-order valence-corrected chi connectivity index (χ4v) is 2.50. The van der Waals surface area contributed by atoms with Gasteiger partial charge in [-0.25, -0.2) is 9.98 Å². The number of thiazole rings is 1. The zero-order valence-electron chi connectivity index (χ0n) is 11.3. The molecule has 7 heteroatoms. The molecule has 0 fully saturated rings. The van der Waals surface area contributed by atoms with E-state index in [2.05, 4.69) is 21.9 Å². The van der Waals surface area contributed by atoms with Crippen LogP contribution < -0.4 is 17.2 Å². The number of hydrogen-bond donors (Lipinski definition) is 3. The lowest BCUT2D eigenvalue weighted by atomic mass is 10.2.